The lowest BCUT2D eigenvalue weighted by Crippen LogP contribution is -2.62. The van der Waals surface area contributed by atoms with E-state index in [0.29, 0.717) is 12.3 Å². The Bertz CT molecular complexity index is 1060. The summed E-state index contributed by atoms with van der Waals surface area (Å²) in [5.74, 6) is 0.668. The van der Waals surface area contributed by atoms with Crippen molar-refractivity contribution in [3.8, 4) is 5.75 Å². The molecule has 2 saturated heterocycles. The lowest BCUT2D eigenvalue weighted by Gasteiger charge is -2.44. The number of rotatable bonds is 4. The maximum atomic E-state index is 13.2. The van der Waals surface area contributed by atoms with Gasteiger partial charge < -0.3 is 14.5 Å². The number of benzene rings is 2. The van der Waals surface area contributed by atoms with Crippen LogP contribution in [-0.2, 0) is 20.0 Å². The van der Waals surface area contributed by atoms with Crippen LogP contribution in [0.25, 0.3) is 0 Å². The van der Waals surface area contributed by atoms with Gasteiger partial charge >= 0.3 is 0 Å². The number of nitrogens with zero attached hydrogens (tertiary/aromatic N) is 2. The summed E-state index contributed by atoms with van der Waals surface area (Å²) in [6, 6.07) is 14.8. The predicted molar refractivity (Wildman–Crippen MR) is 124 cm³/mol. The fourth-order valence-corrected chi connectivity index (χ4v) is 6.47. The van der Waals surface area contributed by atoms with E-state index in [2.05, 4.69) is 32.9 Å². The molecule has 166 valence electrons. The van der Waals surface area contributed by atoms with Crippen molar-refractivity contribution in [2.45, 2.75) is 45.2 Å². The SMILES string of the molecule is CCOc1ccc(N2C(=O)CN(c3ccc(C(C)(C)C)cc3)[C@H]3CS(=O)(=O)C[C@H]32)cc1. The number of hydrogen-bond acceptors (Lipinski definition) is 5. The number of ether oxygens (including phenoxy) is 1. The van der Waals surface area contributed by atoms with Gasteiger partial charge in [-0.05, 0) is 54.3 Å². The molecular formula is C24H30N2O4S. The zero-order valence-corrected chi connectivity index (χ0v) is 19.4. The van der Waals surface area contributed by atoms with Crippen molar-refractivity contribution in [1.29, 1.82) is 0 Å². The fourth-order valence-electron chi connectivity index (χ4n) is 4.52. The van der Waals surface area contributed by atoms with Crippen LogP contribution in [-0.4, -0.2) is 51.1 Å². The normalized spacial score (nSPS) is 23.0. The van der Waals surface area contributed by atoms with E-state index in [1.165, 1.54) is 5.56 Å². The Morgan fingerprint density at radius 2 is 1.52 bits per heavy atom. The summed E-state index contributed by atoms with van der Waals surface area (Å²) < 4.78 is 30.7. The quantitative estimate of drug-likeness (QED) is 0.726. The zero-order chi connectivity index (χ0) is 22.4. The van der Waals surface area contributed by atoms with Crippen LogP contribution < -0.4 is 14.5 Å². The van der Waals surface area contributed by atoms with Gasteiger partial charge in [0, 0.05) is 11.4 Å². The lowest BCUT2D eigenvalue weighted by molar-refractivity contribution is -0.118. The highest BCUT2D eigenvalue weighted by molar-refractivity contribution is 7.91. The first kappa shape index (κ1) is 21.7. The third-order valence-electron chi connectivity index (χ3n) is 6.09. The van der Waals surface area contributed by atoms with E-state index in [-0.39, 0.29) is 35.4 Å². The van der Waals surface area contributed by atoms with Gasteiger partial charge in [0.1, 0.15) is 5.75 Å². The van der Waals surface area contributed by atoms with Crippen molar-refractivity contribution in [3.63, 3.8) is 0 Å². The standard InChI is InChI=1S/C24H30N2O4S/c1-5-30-20-12-10-19(11-13-20)26-22-16-31(28,29)15-21(22)25(14-23(26)27)18-8-6-17(7-9-18)24(2,3)4/h6-13,21-22H,5,14-16H2,1-4H3/t21-,22+/m0/s1. The molecule has 2 atom stereocenters. The highest BCUT2D eigenvalue weighted by Gasteiger charge is 2.50. The molecule has 0 bridgehead atoms. The molecule has 2 heterocycles. The first-order valence-electron chi connectivity index (χ1n) is 10.7. The van der Waals surface area contributed by atoms with Crippen LogP contribution in [0.3, 0.4) is 0 Å². The largest absolute Gasteiger partial charge is 0.494 e. The summed E-state index contributed by atoms with van der Waals surface area (Å²) in [7, 11) is -3.24. The number of hydrogen-bond donors (Lipinski definition) is 0. The summed E-state index contributed by atoms with van der Waals surface area (Å²) in [5.41, 5.74) is 2.83. The van der Waals surface area contributed by atoms with Crippen molar-refractivity contribution in [3.05, 3.63) is 54.1 Å². The second-order valence-electron chi connectivity index (χ2n) is 9.33. The van der Waals surface area contributed by atoms with Gasteiger partial charge in [-0.15, -0.1) is 0 Å². The molecule has 1 amide bonds. The molecule has 2 aromatic carbocycles. The molecule has 0 unspecified atom stereocenters. The first-order valence-corrected chi connectivity index (χ1v) is 12.5. The molecule has 6 nitrogen and oxygen atoms in total. The minimum absolute atomic E-state index is 0.0206. The van der Waals surface area contributed by atoms with E-state index in [4.69, 9.17) is 4.74 Å². The number of carbonyl (C=O) groups excluding carboxylic acids is 1. The average Bonchev–Trinajstić information content (AvgIpc) is 3.03. The molecule has 0 aliphatic carbocycles. The predicted octanol–water partition coefficient (Wildman–Crippen LogP) is 3.40. The monoisotopic (exact) mass is 442 g/mol. The maximum Gasteiger partial charge on any atom is 0.246 e. The van der Waals surface area contributed by atoms with Crippen molar-refractivity contribution < 1.29 is 17.9 Å². The average molecular weight is 443 g/mol. The smallest absolute Gasteiger partial charge is 0.246 e. The molecule has 2 fully saturated rings. The second kappa shape index (κ2) is 7.86. The minimum atomic E-state index is -3.24. The third kappa shape index (κ3) is 4.28. The fraction of sp³-hybridized carbons (Fsp3) is 0.458. The van der Waals surface area contributed by atoms with Crippen LogP contribution in [0, 0.1) is 0 Å². The Kier molecular flexibility index (Phi) is 5.50. The van der Waals surface area contributed by atoms with Crippen LogP contribution >= 0.6 is 0 Å². The molecular weight excluding hydrogens is 412 g/mol. The second-order valence-corrected chi connectivity index (χ2v) is 11.5. The van der Waals surface area contributed by atoms with Gasteiger partial charge in [-0.3, -0.25) is 4.79 Å². The van der Waals surface area contributed by atoms with Gasteiger partial charge in [0.05, 0.1) is 36.7 Å². The molecule has 0 N–H and O–H groups in total. The Balaban J connectivity index is 1.66. The van der Waals surface area contributed by atoms with Crippen molar-refractivity contribution >= 4 is 27.1 Å². The molecule has 2 aliphatic rings. The summed E-state index contributed by atoms with van der Waals surface area (Å²) in [5, 5.41) is 0. The van der Waals surface area contributed by atoms with Gasteiger partial charge in [-0.2, -0.15) is 0 Å². The van der Waals surface area contributed by atoms with E-state index in [9.17, 15) is 13.2 Å². The highest BCUT2D eigenvalue weighted by atomic mass is 32.2. The van der Waals surface area contributed by atoms with E-state index in [1.807, 2.05) is 48.2 Å². The summed E-state index contributed by atoms with van der Waals surface area (Å²) in [4.78, 5) is 16.9. The molecule has 0 spiro atoms. The van der Waals surface area contributed by atoms with Crippen molar-refractivity contribution in [2.24, 2.45) is 0 Å². The zero-order valence-electron chi connectivity index (χ0n) is 18.5. The van der Waals surface area contributed by atoms with Crippen LogP contribution in [0.1, 0.15) is 33.3 Å². The third-order valence-corrected chi connectivity index (χ3v) is 7.79. The Labute approximate surface area is 184 Å². The summed E-state index contributed by atoms with van der Waals surface area (Å²) in [6.07, 6.45) is 0. The molecule has 2 aliphatic heterocycles. The Morgan fingerprint density at radius 1 is 0.935 bits per heavy atom. The number of fused-ring (bicyclic) bond motifs is 1. The van der Waals surface area contributed by atoms with E-state index < -0.39 is 15.9 Å². The molecule has 0 saturated carbocycles. The summed E-state index contributed by atoms with van der Waals surface area (Å²) in [6.45, 7) is 9.09. The first-order chi connectivity index (χ1) is 14.6. The van der Waals surface area contributed by atoms with E-state index in [1.54, 1.807) is 4.90 Å². The van der Waals surface area contributed by atoms with Gasteiger partial charge in [-0.1, -0.05) is 32.9 Å². The van der Waals surface area contributed by atoms with Crippen molar-refractivity contribution in [1.82, 2.24) is 0 Å². The van der Waals surface area contributed by atoms with Crippen LogP contribution in [0.4, 0.5) is 11.4 Å². The number of carbonyl (C=O) groups is 1. The van der Waals surface area contributed by atoms with Crippen LogP contribution in [0.2, 0.25) is 0 Å². The van der Waals surface area contributed by atoms with Crippen LogP contribution in [0.15, 0.2) is 48.5 Å². The molecule has 4 rings (SSSR count). The van der Waals surface area contributed by atoms with Gasteiger partial charge in [0.15, 0.2) is 9.84 Å². The molecule has 31 heavy (non-hydrogen) atoms. The lowest BCUT2D eigenvalue weighted by atomic mass is 9.87. The van der Waals surface area contributed by atoms with Crippen LogP contribution in [0.5, 0.6) is 5.75 Å². The van der Waals surface area contributed by atoms with E-state index >= 15 is 0 Å². The van der Waals surface area contributed by atoms with E-state index in [0.717, 1.165) is 11.4 Å². The number of piperazine rings is 1. The molecule has 0 aromatic heterocycles. The van der Waals surface area contributed by atoms with Gasteiger partial charge in [-0.25, -0.2) is 8.42 Å². The Morgan fingerprint density at radius 3 is 2.10 bits per heavy atom. The number of amides is 1. The van der Waals surface area contributed by atoms with Gasteiger partial charge in [0.2, 0.25) is 5.91 Å². The van der Waals surface area contributed by atoms with Crippen molar-refractivity contribution in [2.75, 3.05) is 34.5 Å². The number of anilines is 2. The summed E-state index contributed by atoms with van der Waals surface area (Å²) >= 11 is 0. The minimum Gasteiger partial charge on any atom is -0.494 e. The molecule has 7 heteroatoms. The highest BCUT2D eigenvalue weighted by Crippen LogP contribution is 2.35. The van der Waals surface area contributed by atoms with Gasteiger partial charge in [0.25, 0.3) is 0 Å². The topological polar surface area (TPSA) is 66.9 Å². The molecule has 2 aromatic rings. The number of sulfone groups is 1. The maximum absolute atomic E-state index is 13.2. The Hall–Kier alpha value is -2.54. The molecule has 0 radical (unpaired) electrons.